The molecule has 0 saturated heterocycles. The molecule has 0 unspecified atom stereocenters. The molecule has 0 aliphatic heterocycles. The van der Waals surface area contributed by atoms with Crippen LogP contribution < -0.4 is 0 Å². The highest BCUT2D eigenvalue weighted by Gasteiger charge is 2.21. The van der Waals surface area contributed by atoms with Gasteiger partial charge in [0.15, 0.2) is 5.78 Å². The molecular weight excluding hydrogens is 238 g/mol. The van der Waals surface area contributed by atoms with Crippen LogP contribution in [0.4, 0.5) is 0 Å². The van der Waals surface area contributed by atoms with E-state index in [1.54, 1.807) is 6.26 Å². The van der Waals surface area contributed by atoms with E-state index in [4.69, 9.17) is 4.42 Å². The number of ketones is 1. The number of aryl methyl sites for hydroxylation is 1. The highest BCUT2D eigenvalue weighted by atomic mass is 16.3. The van der Waals surface area contributed by atoms with E-state index in [0.717, 1.165) is 35.4 Å². The van der Waals surface area contributed by atoms with Crippen molar-refractivity contribution in [3.63, 3.8) is 0 Å². The average molecular weight is 251 g/mol. The van der Waals surface area contributed by atoms with Crippen LogP contribution in [0.25, 0.3) is 22.2 Å². The quantitative estimate of drug-likeness (QED) is 0.711. The van der Waals surface area contributed by atoms with Crippen LogP contribution >= 0.6 is 0 Å². The summed E-state index contributed by atoms with van der Waals surface area (Å²) in [7, 11) is 0. The highest BCUT2D eigenvalue weighted by Crippen LogP contribution is 2.31. The van der Waals surface area contributed by atoms with Gasteiger partial charge in [0.05, 0.1) is 12.0 Å². The largest absolute Gasteiger partial charge is 0.464 e. The maximum atomic E-state index is 11.9. The molecule has 1 aliphatic rings. The number of aromatic amines is 1. The van der Waals surface area contributed by atoms with Gasteiger partial charge in [0, 0.05) is 22.9 Å². The van der Waals surface area contributed by atoms with Crippen LogP contribution in [0.1, 0.15) is 28.9 Å². The third kappa shape index (κ3) is 1.55. The van der Waals surface area contributed by atoms with Gasteiger partial charge in [-0.25, -0.2) is 0 Å². The van der Waals surface area contributed by atoms with E-state index in [1.807, 2.05) is 18.2 Å². The number of hydrogen-bond donors (Lipinski definition) is 1. The minimum absolute atomic E-state index is 0.233. The van der Waals surface area contributed by atoms with E-state index in [0.29, 0.717) is 6.42 Å². The zero-order chi connectivity index (χ0) is 12.8. The molecule has 94 valence electrons. The Hall–Kier alpha value is -2.29. The standard InChI is InChI=1S/C16H13NO2/c18-14-4-1-3-12-11-7-6-10(15-5-2-8-19-15)9-13(11)17-16(12)14/h2,5-9,17H,1,3-4H2. The molecule has 19 heavy (non-hydrogen) atoms. The summed E-state index contributed by atoms with van der Waals surface area (Å²) in [6.45, 7) is 0. The molecule has 0 amide bonds. The van der Waals surface area contributed by atoms with Gasteiger partial charge in [0.2, 0.25) is 0 Å². The number of hydrogen-bond acceptors (Lipinski definition) is 2. The van der Waals surface area contributed by atoms with Crippen LogP contribution in [0.15, 0.2) is 41.0 Å². The summed E-state index contributed by atoms with van der Waals surface area (Å²) in [5, 5.41) is 1.17. The van der Waals surface area contributed by atoms with Gasteiger partial charge < -0.3 is 9.40 Å². The van der Waals surface area contributed by atoms with Crippen LogP contribution in [-0.4, -0.2) is 10.8 Å². The Morgan fingerprint density at radius 3 is 2.95 bits per heavy atom. The van der Waals surface area contributed by atoms with Crippen LogP contribution in [0, 0.1) is 0 Å². The first-order chi connectivity index (χ1) is 9.33. The van der Waals surface area contributed by atoms with E-state index in [9.17, 15) is 4.79 Å². The van der Waals surface area contributed by atoms with Gasteiger partial charge in [0.1, 0.15) is 5.76 Å². The van der Waals surface area contributed by atoms with Gasteiger partial charge in [0.25, 0.3) is 0 Å². The zero-order valence-corrected chi connectivity index (χ0v) is 10.4. The van der Waals surface area contributed by atoms with E-state index in [2.05, 4.69) is 17.1 Å². The molecule has 4 rings (SSSR count). The number of nitrogens with one attached hydrogen (secondary N) is 1. The van der Waals surface area contributed by atoms with Gasteiger partial charge in [-0.15, -0.1) is 0 Å². The zero-order valence-electron chi connectivity index (χ0n) is 10.4. The number of H-pyrrole nitrogens is 1. The average Bonchev–Trinajstić information content (AvgIpc) is 3.06. The fraction of sp³-hybridized carbons (Fsp3) is 0.188. The van der Waals surface area contributed by atoms with Crippen molar-refractivity contribution in [2.45, 2.75) is 19.3 Å². The molecule has 3 aromatic rings. The first kappa shape index (κ1) is 10.6. The number of carbonyl (C=O) groups excluding carboxylic acids is 1. The third-order valence-corrected chi connectivity index (χ3v) is 3.82. The Kier molecular flexibility index (Phi) is 2.15. The molecule has 2 heterocycles. The van der Waals surface area contributed by atoms with Crippen molar-refractivity contribution in [2.24, 2.45) is 0 Å². The number of carbonyl (C=O) groups is 1. The molecule has 0 spiro atoms. The second kappa shape index (κ2) is 3.85. The lowest BCUT2D eigenvalue weighted by molar-refractivity contribution is 0.0968. The van der Waals surface area contributed by atoms with Crippen LogP contribution in [0.5, 0.6) is 0 Å². The van der Waals surface area contributed by atoms with Crippen molar-refractivity contribution in [1.82, 2.24) is 4.98 Å². The number of rotatable bonds is 1. The lowest BCUT2D eigenvalue weighted by Gasteiger charge is -2.09. The molecule has 0 saturated carbocycles. The van der Waals surface area contributed by atoms with Crippen LogP contribution in [0.2, 0.25) is 0 Å². The molecule has 3 heteroatoms. The molecule has 0 bridgehead atoms. The fourth-order valence-electron chi connectivity index (χ4n) is 2.90. The minimum atomic E-state index is 0.233. The van der Waals surface area contributed by atoms with Crippen molar-refractivity contribution in [3.05, 3.63) is 47.9 Å². The lowest BCUT2D eigenvalue weighted by Crippen LogP contribution is -2.09. The molecule has 0 fully saturated rings. The van der Waals surface area contributed by atoms with Gasteiger partial charge in [-0.1, -0.05) is 12.1 Å². The molecular formula is C16H13NO2. The molecule has 0 atom stereocenters. The van der Waals surface area contributed by atoms with Gasteiger partial charge in [-0.05, 0) is 36.6 Å². The predicted octanol–water partition coefficient (Wildman–Crippen LogP) is 3.95. The summed E-state index contributed by atoms with van der Waals surface area (Å²) < 4.78 is 5.41. The topological polar surface area (TPSA) is 46.0 Å². The third-order valence-electron chi connectivity index (χ3n) is 3.82. The Balaban J connectivity index is 1.94. The summed E-state index contributed by atoms with van der Waals surface area (Å²) in [5.41, 5.74) is 4.03. The normalized spacial score (nSPS) is 14.8. The lowest BCUT2D eigenvalue weighted by atomic mass is 9.94. The van der Waals surface area contributed by atoms with Crippen molar-refractivity contribution in [3.8, 4) is 11.3 Å². The molecule has 1 aromatic carbocycles. The second-order valence-electron chi connectivity index (χ2n) is 4.99. The van der Waals surface area contributed by atoms with E-state index in [1.165, 1.54) is 10.9 Å². The monoisotopic (exact) mass is 251 g/mol. The molecule has 3 nitrogen and oxygen atoms in total. The predicted molar refractivity (Wildman–Crippen MR) is 73.3 cm³/mol. The molecule has 1 aliphatic carbocycles. The second-order valence-corrected chi connectivity index (χ2v) is 4.99. The van der Waals surface area contributed by atoms with E-state index in [-0.39, 0.29) is 5.78 Å². The van der Waals surface area contributed by atoms with Crippen LogP contribution in [-0.2, 0) is 6.42 Å². The highest BCUT2D eigenvalue weighted by molar-refractivity contribution is 6.03. The Labute approximate surface area is 110 Å². The number of Topliss-reactive ketones (excluding diaryl/α,β-unsaturated/α-hetero) is 1. The maximum Gasteiger partial charge on any atom is 0.179 e. The van der Waals surface area contributed by atoms with E-state index < -0.39 is 0 Å². The van der Waals surface area contributed by atoms with Crippen molar-refractivity contribution in [2.75, 3.05) is 0 Å². The first-order valence-electron chi connectivity index (χ1n) is 6.54. The summed E-state index contributed by atoms with van der Waals surface area (Å²) in [6, 6.07) is 10.0. The minimum Gasteiger partial charge on any atom is -0.464 e. The summed E-state index contributed by atoms with van der Waals surface area (Å²) in [5.74, 6) is 1.08. The van der Waals surface area contributed by atoms with Crippen molar-refractivity contribution < 1.29 is 9.21 Å². The SMILES string of the molecule is O=C1CCCc2c1[nH]c1cc(-c3ccco3)ccc21. The summed E-state index contributed by atoms with van der Waals surface area (Å²) in [4.78, 5) is 15.2. The Bertz CT molecular complexity index is 766. The molecule has 1 N–H and O–H groups in total. The number of aromatic nitrogens is 1. The number of furan rings is 1. The first-order valence-corrected chi connectivity index (χ1v) is 6.54. The number of benzene rings is 1. The smallest absolute Gasteiger partial charge is 0.179 e. The molecule has 0 radical (unpaired) electrons. The van der Waals surface area contributed by atoms with Crippen molar-refractivity contribution in [1.29, 1.82) is 0 Å². The maximum absolute atomic E-state index is 11.9. The van der Waals surface area contributed by atoms with Crippen molar-refractivity contribution >= 4 is 16.7 Å². The fourth-order valence-corrected chi connectivity index (χ4v) is 2.90. The number of fused-ring (bicyclic) bond motifs is 3. The molecule has 2 aromatic heterocycles. The summed E-state index contributed by atoms with van der Waals surface area (Å²) in [6.07, 6.45) is 4.27. The van der Waals surface area contributed by atoms with Gasteiger partial charge in [-0.3, -0.25) is 4.79 Å². The Morgan fingerprint density at radius 2 is 2.11 bits per heavy atom. The van der Waals surface area contributed by atoms with Gasteiger partial charge in [-0.2, -0.15) is 0 Å². The van der Waals surface area contributed by atoms with Gasteiger partial charge >= 0.3 is 0 Å². The van der Waals surface area contributed by atoms with E-state index >= 15 is 0 Å². The summed E-state index contributed by atoms with van der Waals surface area (Å²) >= 11 is 0. The van der Waals surface area contributed by atoms with Crippen LogP contribution in [0.3, 0.4) is 0 Å². The Morgan fingerprint density at radius 1 is 1.16 bits per heavy atom.